The average molecular weight is 911 g/mol. The molecule has 0 aliphatic rings. The van der Waals surface area contributed by atoms with Gasteiger partial charge in [-0.3, -0.25) is 0 Å². The summed E-state index contributed by atoms with van der Waals surface area (Å²) in [6.45, 7) is 4.54. The first-order valence-corrected chi connectivity index (χ1v) is 24.6. The molecule has 0 N–H and O–H groups in total. The van der Waals surface area contributed by atoms with Gasteiger partial charge in [-0.1, -0.05) is 184 Å². The molecule has 71 heavy (non-hydrogen) atoms. The molecular weight excluding hydrogens is 865 g/mol. The van der Waals surface area contributed by atoms with Gasteiger partial charge in [-0.25, -0.2) is 9.98 Å². The van der Waals surface area contributed by atoms with Gasteiger partial charge in [-0.2, -0.15) is 0 Å². The smallest absolute Gasteiger partial charge is 0.160 e. The van der Waals surface area contributed by atoms with Gasteiger partial charge in [0.25, 0.3) is 0 Å². The van der Waals surface area contributed by atoms with Crippen LogP contribution in [0.5, 0.6) is 0 Å². The van der Waals surface area contributed by atoms with Gasteiger partial charge in [-0.15, -0.1) is 0 Å². The van der Waals surface area contributed by atoms with E-state index >= 15 is 0 Å². The van der Waals surface area contributed by atoms with Crippen LogP contribution in [-0.4, -0.2) is 20.7 Å². The molecule has 1 unspecified atom stereocenters. The Labute approximate surface area is 409 Å². The minimum Gasteiger partial charge on any atom is -0.455 e. The summed E-state index contributed by atoms with van der Waals surface area (Å²) in [5.74, 6) is 0.721. The van der Waals surface area contributed by atoms with E-state index in [1.54, 1.807) is 0 Å². The molecule has 0 bridgehead atoms. The lowest BCUT2D eigenvalue weighted by molar-refractivity contribution is 0.672. The highest BCUT2D eigenvalue weighted by Gasteiger charge is 2.24. The average Bonchev–Trinajstić information content (AvgIpc) is 4.09. The third-order valence-electron chi connectivity index (χ3n) is 14.8. The second-order valence-electron chi connectivity index (χ2n) is 18.8. The van der Waals surface area contributed by atoms with E-state index in [4.69, 9.17) is 14.4 Å². The van der Waals surface area contributed by atoms with E-state index in [-0.39, 0.29) is 5.92 Å². The molecule has 0 aliphatic heterocycles. The first kappa shape index (κ1) is 41.0. The molecule has 3 heterocycles. The molecule has 0 fully saturated rings. The minimum absolute atomic E-state index is 0.0935. The Kier molecular flexibility index (Phi) is 9.40. The zero-order valence-corrected chi connectivity index (χ0v) is 39.3. The number of aliphatic imine (C=N–C) groups is 2. The van der Waals surface area contributed by atoms with Crippen LogP contribution < -0.4 is 0 Å². The topological polar surface area (TPSA) is 47.7 Å². The Morgan fingerprint density at radius 2 is 1.11 bits per heavy atom. The SMILES string of the molecule is CCC(C)C(=NC(=Nc1cc2oc3c4ccccc4ccc3c2cc1-n1c2cc3ccccc3cc2c2ccc3ccccc3c21)c1ccccc1)c1cccc2c1c1ccccc1n2-c1ccccc1. The van der Waals surface area contributed by atoms with Crippen molar-refractivity contribution in [1.29, 1.82) is 0 Å². The number of aromatic nitrogens is 2. The lowest BCUT2D eigenvalue weighted by Crippen LogP contribution is -2.15. The van der Waals surface area contributed by atoms with E-state index in [0.717, 1.165) is 95.1 Å². The summed E-state index contributed by atoms with van der Waals surface area (Å²) in [5, 5.41) is 13.8. The Hall–Kier alpha value is -9.06. The van der Waals surface area contributed by atoms with E-state index in [0.29, 0.717) is 5.84 Å². The summed E-state index contributed by atoms with van der Waals surface area (Å²) >= 11 is 0. The number of benzene rings is 11. The quantitative estimate of drug-likeness (QED) is 0.116. The van der Waals surface area contributed by atoms with E-state index in [9.17, 15) is 0 Å². The van der Waals surface area contributed by atoms with Gasteiger partial charge in [0.2, 0.25) is 0 Å². The fraction of sp³-hybridized carbons (Fsp3) is 0.0606. The zero-order chi connectivity index (χ0) is 47.2. The summed E-state index contributed by atoms with van der Waals surface area (Å²) in [7, 11) is 0. The van der Waals surface area contributed by atoms with Crippen molar-refractivity contribution in [3.8, 4) is 11.4 Å². The number of fused-ring (bicyclic) bond motifs is 14. The fourth-order valence-corrected chi connectivity index (χ4v) is 11.2. The van der Waals surface area contributed by atoms with Crippen molar-refractivity contribution in [2.45, 2.75) is 20.3 Å². The van der Waals surface area contributed by atoms with Crippen molar-refractivity contribution in [1.82, 2.24) is 9.13 Å². The van der Waals surface area contributed by atoms with E-state index in [1.165, 1.54) is 43.1 Å². The molecule has 11 aromatic carbocycles. The Morgan fingerprint density at radius 3 is 1.89 bits per heavy atom. The molecule has 336 valence electrons. The molecule has 14 aromatic rings. The van der Waals surface area contributed by atoms with Crippen molar-refractivity contribution in [3.63, 3.8) is 0 Å². The van der Waals surface area contributed by atoms with Crippen molar-refractivity contribution in [2.24, 2.45) is 15.9 Å². The highest BCUT2D eigenvalue weighted by Crippen LogP contribution is 2.45. The largest absolute Gasteiger partial charge is 0.455 e. The molecule has 1 atom stereocenters. The Morgan fingerprint density at radius 1 is 0.479 bits per heavy atom. The van der Waals surface area contributed by atoms with E-state index < -0.39 is 0 Å². The molecular formula is C66H46N4O. The molecule has 0 saturated carbocycles. The molecule has 0 radical (unpaired) electrons. The number of hydrogen-bond donors (Lipinski definition) is 0. The van der Waals surface area contributed by atoms with Crippen LogP contribution in [0, 0.1) is 5.92 Å². The Bertz CT molecular complexity index is 4510. The second-order valence-corrected chi connectivity index (χ2v) is 18.8. The maximum atomic E-state index is 6.99. The number of amidine groups is 1. The molecule has 5 nitrogen and oxygen atoms in total. The summed E-state index contributed by atoms with van der Waals surface area (Å²) in [6, 6.07) is 80.5. The van der Waals surface area contributed by atoms with Gasteiger partial charge in [0, 0.05) is 66.0 Å². The van der Waals surface area contributed by atoms with Crippen LogP contribution in [0.3, 0.4) is 0 Å². The zero-order valence-electron chi connectivity index (χ0n) is 39.3. The van der Waals surface area contributed by atoms with Gasteiger partial charge in [-0.05, 0) is 82.4 Å². The number of para-hydroxylation sites is 2. The summed E-state index contributed by atoms with van der Waals surface area (Å²) < 4.78 is 11.8. The molecule has 0 saturated heterocycles. The molecule has 3 aromatic heterocycles. The third-order valence-corrected chi connectivity index (χ3v) is 14.8. The summed E-state index contributed by atoms with van der Waals surface area (Å²) in [6.07, 6.45) is 0.890. The van der Waals surface area contributed by atoms with Crippen LogP contribution in [-0.2, 0) is 0 Å². The Balaban J connectivity index is 1.11. The molecule has 0 aliphatic carbocycles. The van der Waals surface area contributed by atoms with Crippen LogP contribution in [0.25, 0.3) is 109 Å². The molecule has 5 heteroatoms. The normalized spacial score (nSPS) is 13.1. The maximum absolute atomic E-state index is 6.99. The van der Waals surface area contributed by atoms with E-state index in [2.05, 4.69) is 247 Å². The van der Waals surface area contributed by atoms with Crippen LogP contribution in [0.1, 0.15) is 31.4 Å². The van der Waals surface area contributed by atoms with Gasteiger partial charge in [0.15, 0.2) is 5.84 Å². The van der Waals surface area contributed by atoms with Gasteiger partial charge in [0.1, 0.15) is 11.2 Å². The fourth-order valence-electron chi connectivity index (χ4n) is 11.2. The number of hydrogen-bond acceptors (Lipinski definition) is 2. The van der Waals surface area contributed by atoms with Crippen molar-refractivity contribution >= 4 is 115 Å². The highest BCUT2D eigenvalue weighted by atomic mass is 16.3. The number of rotatable bonds is 7. The van der Waals surface area contributed by atoms with Crippen LogP contribution in [0.2, 0.25) is 0 Å². The monoisotopic (exact) mass is 910 g/mol. The molecule has 14 rings (SSSR count). The predicted molar refractivity (Wildman–Crippen MR) is 300 cm³/mol. The number of furan rings is 1. The van der Waals surface area contributed by atoms with Crippen molar-refractivity contribution in [3.05, 3.63) is 236 Å². The summed E-state index contributed by atoms with van der Waals surface area (Å²) in [4.78, 5) is 11.7. The summed E-state index contributed by atoms with van der Waals surface area (Å²) in [5.41, 5.74) is 12.0. The second kappa shape index (κ2) is 16.3. The third kappa shape index (κ3) is 6.47. The van der Waals surface area contributed by atoms with Gasteiger partial charge in [0.05, 0.1) is 39.2 Å². The van der Waals surface area contributed by atoms with Crippen molar-refractivity contribution in [2.75, 3.05) is 0 Å². The first-order chi connectivity index (χ1) is 35.1. The van der Waals surface area contributed by atoms with Gasteiger partial charge < -0.3 is 13.6 Å². The predicted octanol–water partition coefficient (Wildman–Crippen LogP) is 17.9. The lowest BCUT2D eigenvalue weighted by atomic mass is 9.92. The highest BCUT2D eigenvalue weighted by molar-refractivity contribution is 6.25. The van der Waals surface area contributed by atoms with Crippen LogP contribution in [0.4, 0.5) is 5.69 Å². The van der Waals surface area contributed by atoms with Crippen molar-refractivity contribution < 1.29 is 4.42 Å². The molecule has 0 spiro atoms. The lowest BCUT2D eigenvalue weighted by Gasteiger charge is -2.17. The van der Waals surface area contributed by atoms with Gasteiger partial charge >= 0.3 is 0 Å². The molecule has 0 amide bonds. The number of nitrogens with zero attached hydrogens (tertiary/aromatic N) is 4. The maximum Gasteiger partial charge on any atom is 0.160 e. The standard InChI is InChI=1S/C66H46N4O/c1-3-41(2)63(53-30-18-32-58-62(53)52-29-16-17-31-57(52)69(58)47-25-8-5-9-26-47)68-66(44-21-6-4-7-22-44)67-56-40-61-55(51-36-34-43-20-13-15-28-49(43)65(51)71-61)39-60(56)70-59-38-46-24-11-10-23-45(46)37-54(59)50-35-33-42-19-12-14-27-48(42)64(50)70/h4-41H,3H2,1-2H3. The first-order valence-electron chi connectivity index (χ1n) is 24.6. The van der Waals surface area contributed by atoms with Crippen LogP contribution in [0.15, 0.2) is 239 Å². The minimum atomic E-state index is 0.0935. The van der Waals surface area contributed by atoms with E-state index in [1.807, 2.05) is 0 Å². The van der Waals surface area contributed by atoms with Crippen LogP contribution >= 0.6 is 0 Å².